The van der Waals surface area contributed by atoms with E-state index >= 15 is 0 Å². The summed E-state index contributed by atoms with van der Waals surface area (Å²) in [6.45, 7) is 0. The zero-order valence-corrected chi connectivity index (χ0v) is 13.8. The lowest BCUT2D eigenvalue weighted by atomic mass is 10.2. The van der Waals surface area contributed by atoms with Crippen molar-refractivity contribution in [3.05, 3.63) is 57.2 Å². The molecule has 0 aliphatic heterocycles. The summed E-state index contributed by atoms with van der Waals surface area (Å²) >= 11 is 6.68. The van der Waals surface area contributed by atoms with Crippen molar-refractivity contribution in [3.8, 4) is 5.75 Å². The molecule has 0 saturated carbocycles. The van der Waals surface area contributed by atoms with Crippen molar-refractivity contribution in [1.82, 2.24) is 9.97 Å². The molecular weight excluding hydrogens is 398 g/mol. The van der Waals surface area contributed by atoms with Crippen LogP contribution in [0.3, 0.4) is 0 Å². The van der Waals surface area contributed by atoms with Crippen LogP contribution in [0.4, 0.5) is 5.69 Å². The normalized spacial score (nSPS) is 11.3. The molecule has 0 radical (unpaired) electrons. The van der Waals surface area contributed by atoms with E-state index in [1.54, 1.807) is 30.7 Å². The van der Waals surface area contributed by atoms with Gasteiger partial charge in [0.15, 0.2) is 0 Å². The lowest BCUT2D eigenvalue weighted by Gasteiger charge is -2.03. The lowest BCUT2D eigenvalue weighted by molar-refractivity contribution is 0.471. The molecule has 0 aliphatic carbocycles. The number of phenols is 1. The number of phenolic OH excluding ortho intramolecular Hbond substituents is 1. The van der Waals surface area contributed by atoms with Crippen molar-refractivity contribution in [1.29, 1.82) is 0 Å². The predicted molar refractivity (Wildman–Crippen MR) is 90.3 cm³/mol. The first-order valence-electron chi connectivity index (χ1n) is 6.06. The third-order valence-electron chi connectivity index (χ3n) is 2.86. The molecule has 1 heterocycles. The number of aliphatic imine (C=N–C) groups is 1. The summed E-state index contributed by atoms with van der Waals surface area (Å²) in [5, 5.41) is 9.99. The summed E-state index contributed by atoms with van der Waals surface area (Å²) in [5.74, 6) is 0.155. The zero-order chi connectivity index (χ0) is 14.8. The van der Waals surface area contributed by atoms with Gasteiger partial charge in [0.25, 0.3) is 0 Å². The van der Waals surface area contributed by atoms with E-state index in [0.717, 1.165) is 21.2 Å². The van der Waals surface area contributed by atoms with Crippen LogP contribution in [0.15, 0.2) is 56.7 Å². The molecule has 3 aromatic rings. The number of aromatic hydroxyl groups is 1. The number of aromatic nitrogens is 2. The molecule has 21 heavy (non-hydrogen) atoms. The van der Waals surface area contributed by atoms with Crippen molar-refractivity contribution in [2.24, 2.45) is 4.99 Å². The number of fused-ring (bicyclic) bond motifs is 1. The second-order valence-electron chi connectivity index (χ2n) is 4.31. The Balaban J connectivity index is 1.98. The van der Waals surface area contributed by atoms with Crippen LogP contribution in [0.25, 0.3) is 11.0 Å². The van der Waals surface area contributed by atoms with Crippen LogP contribution in [0, 0.1) is 0 Å². The molecule has 3 rings (SSSR count). The fourth-order valence-electron chi connectivity index (χ4n) is 1.86. The first-order chi connectivity index (χ1) is 10.1. The average Bonchev–Trinajstić information content (AvgIpc) is 2.49. The molecule has 104 valence electrons. The molecule has 4 nitrogen and oxygen atoms in total. The van der Waals surface area contributed by atoms with Gasteiger partial charge in [-0.2, -0.15) is 0 Å². The Bertz CT molecular complexity index is 849. The summed E-state index contributed by atoms with van der Waals surface area (Å²) < 4.78 is 1.47. The first kappa shape index (κ1) is 14.2. The molecule has 0 aliphatic rings. The number of halogens is 2. The van der Waals surface area contributed by atoms with E-state index in [1.807, 2.05) is 18.2 Å². The third kappa shape index (κ3) is 3.11. The van der Waals surface area contributed by atoms with Crippen molar-refractivity contribution >= 4 is 54.8 Å². The monoisotopic (exact) mass is 405 g/mol. The van der Waals surface area contributed by atoms with Crippen LogP contribution in [0.1, 0.15) is 5.56 Å². The molecular formula is C15H9Br2N3O. The second kappa shape index (κ2) is 5.91. The summed E-state index contributed by atoms with van der Waals surface area (Å²) in [6.07, 6.45) is 4.91. The van der Waals surface area contributed by atoms with E-state index in [4.69, 9.17) is 0 Å². The molecule has 0 bridgehead atoms. The highest BCUT2D eigenvalue weighted by molar-refractivity contribution is 9.11. The van der Waals surface area contributed by atoms with E-state index in [1.165, 1.54) is 0 Å². The van der Waals surface area contributed by atoms with Crippen molar-refractivity contribution in [2.75, 3.05) is 0 Å². The smallest absolute Gasteiger partial charge is 0.138 e. The molecule has 0 amide bonds. The summed E-state index contributed by atoms with van der Waals surface area (Å²) in [5.41, 5.74) is 2.98. The van der Waals surface area contributed by atoms with Gasteiger partial charge < -0.3 is 5.11 Å². The molecule has 0 atom stereocenters. The van der Waals surface area contributed by atoms with Crippen molar-refractivity contribution in [2.45, 2.75) is 0 Å². The average molecular weight is 407 g/mol. The van der Waals surface area contributed by atoms with Gasteiger partial charge in [0, 0.05) is 28.6 Å². The minimum atomic E-state index is 0.155. The van der Waals surface area contributed by atoms with Gasteiger partial charge in [0.2, 0.25) is 0 Å². The molecule has 2 aromatic carbocycles. The standard InChI is InChI=1S/C15H9Br2N3O/c16-10-5-9(15(21)12(17)6-10)8-20-11-1-2-13-14(7-11)19-4-3-18-13/h1-8,21H. The van der Waals surface area contributed by atoms with Crippen LogP contribution in [-0.4, -0.2) is 21.3 Å². The Morgan fingerprint density at radius 2 is 1.76 bits per heavy atom. The predicted octanol–water partition coefficient (Wildman–Crippen LogP) is 4.61. The lowest BCUT2D eigenvalue weighted by Crippen LogP contribution is -1.85. The molecule has 1 aromatic heterocycles. The Kier molecular flexibility index (Phi) is 3.98. The number of rotatable bonds is 2. The summed E-state index contributed by atoms with van der Waals surface area (Å²) in [7, 11) is 0. The molecule has 0 unspecified atom stereocenters. The van der Waals surface area contributed by atoms with E-state index < -0.39 is 0 Å². The fraction of sp³-hybridized carbons (Fsp3) is 0. The second-order valence-corrected chi connectivity index (χ2v) is 6.08. The van der Waals surface area contributed by atoms with E-state index in [2.05, 4.69) is 46.8 Å². The Labute approximate surface area is 137 Å². The maximum Gasteiger partial charge on any atom is 0.138 e. The third-order valence-corrected chi connectivity index (χ3v) is 3.93. The molecule has 0 spiro atoms. The zero-order valence-electron chi connectivity index (χ0n) is 10.7. The molecule has 1 N–H and O–H groups in total. The largest absolute Gasteiger partial charge is 0.506 e. The van der Waals surface area contributed by atoms with Gasteiger partial charge in [0.1, 0.15) is 5.75 Å². The van der Waals surface area contributed by atoms with Crippen molar-refractivity contribution in [3.63, 3.8) is 0 Å². The highest BCUT2D eigenvalue weighted by atomic mass is 79.9. The number of hydrogen-bond acceptors (Lipinski definition) is 4. The van der Waals surface area contributed by atoms with Crippen LogP contribution in [0.2, 0.25) is 0 Å². The minimum absolute atomic E-state index is 0.155. The summed E-state index contributed by atoms with van der Waals surface area (Å²) in [6, 6.07) is 9.15. The van der Waals surface area contributed by atoms with Crippen LogP contribution in [-0.2, 0) is 0 Å². The molecule has 0 fully saturated rings. The highest BCUT2D eigenvalue weighted by Crippen LogP contribution is 2.31. The van der Waals surface area contributed by atoms with Crippen molar-refractivity contribution < 1.29 is 5.11 Å². The first-order valence-corrected chi connectivity index (χ1v) is 7.65. The van der Waals surface area contributed by atoms with Gasteiger partial charge >= 0.3 is 0 Å². The van der Waals surface area contributed by atoms with E-state index in [9.17, 15) is 5.11 Å². The maximum absolute atomic E-state index is 9.99. The fourth-order valence-corrected chi connectivity index (χ4v) is 3.12. The van der Waals surface area contributed by atoms with Gasteiger partial charge in [-0.1, -0.05) is 15.9 Å². The Morgan fingerprint density at radius 1 is 1.00 bits per heavy atom. The van der Waals surface area contributed by atoms with Gasteiger partial charge in [-0.05, 0) is 46.3 Å². The number of hydrogen-bond donors (Lipinski definition) is 1. The quantitative estimate of drug-likeness (QED) is 0.632. The SMILES string of the molecule is Oc1c(Br)cc(Br)cc1C=Nc1ccc2nccnc2c1. The van der Waals surface area contributed by atoms with Crippen LogP contribution < -0.4 is 0 Å². The Hall–Kier alpha value is -1.79. The van der Waals surface area contributed by atoms with Gasteiger partial charge in [0.05, 0.1) is 21.2 Å². The van der Waals surface area contributed by atoms with Gasteiger partial charge in [-0.3, -0.25) is 15.0 Å². The summed E-state index contributed by atoms with van der Waals surface area (Å²) in [4.78, 5) is 12.8. The highest BCUT2D eigenvalue weighted by Gasteiger charge is 2.05. The number of nitrogens with zero attached hydrogens (tertiary/aromatic N) is 3. The van der Waals surface area contributed by atoms with E-state index in [0.29, 0.717) is 10.0 Å². The van der Waals surface area contributed by atoms with Gasteiger partial charge in [-0.25, -0.2) is 0 Å². The molecule has 6 heteroatoms. The van der Waals surface area contributed by atoms with E-state index in [-0.39, 0.29) is 5.75 Å². The minimum Gasteiger partial charge on any atom is -0.506 e. The number of benzene rings is 2. The van der Waals surface area contributed by atoms with Gasteiger partial charge in [-0.15, -0.1) is 0 Å². The van der Waals surface area contributed by atoms with Crippen LogP contribution >= 0.6 is 31.9 Å². The van der Waals surface area contributed by atoms with Crippen LogP contribution in [0.5, 0.6) is 5.75 Å². The maximum atomic E-state index is 9.99. The molecule has 0 saturated heterocycles. The topological polar surface area (TPSA) is 58.4 Å². The Morgan fingerprint density at radius 3 is 2.57 bits per heavy atom.